The van der Waals surface area contributed by atoms with Gasteiger partial charge in [0.1, 0.15) is 0 Å². The van der Waals surface area contributed by atoms with Gasteiger partial charge in [-0.2, -0.15) is 0 Å². The summed E-state index contributed by atoms with van der Waals surface area (Å²) in [6.45, 7) is 4.89. The molecule has 0 amide bonds. The molecule has 0 aromatic heterocycles. The van der Waals surface area contributed by atoms with Crippen LogP contribution in [0.1, 0.15) is 71.6 Å². The third-order valence-electron chi connectivity index (χ3n) is 8.28. The van der Waals surface area contributed by atoms with E-state index in [-0.39, 0.29) is 10.2 Å². The molecule has 0 spiro atoms. The van der Waals surface area contributed by atoms with E-state index in [1.807, 2.05) is 0 Å². The summed E-state index contributed by atoms with van der Waals surface area (Å²) in [5.41, 5.74) is 0.586. The van der Waals surface area contributed by atoms with Crippen LogP contribution in [0.2, 0.25) is 0 Å². The van der Waals surface area contributed by atoms with Gasteiger partial charge in [0.2, 0.25) is 0 Å². The van der Waals surface area contributed by atoms with Gasteiger partial charge in [-0.15, -0.1) is 0 Å². The molecule has 0 N–H and O–H groups in total. The number of ketones is 1. The molecule has 4 aliphatic carbocycles. The summed E-state index contributed by atoms with van der Waals surface area (Å²) in [7, 11) is 0. The molecular formula is C19H29BrO. The van der Waals surface area contributed by atoms with Crippen molar-refractivity contribution in [3.05, 3.63) is 0 Å². The first-order valence-electron chi connectivity index (χ1n) is 9.15. The first kappa shape index (κ1) is 14.7. The zero-order chi connectivity index (χ0) is 14.8. The summed E-state index contributed by atoms with van der Waals surface area (Å²) < 4.78 is 0. The summed E-state index contributed by atoms with van der Waals surface area (Å²) >= 11 is 3.68. The quantitative estimate of drug-likeness (QED) is 0.536. The number of carbonyl (C=O) groups is 1. The van der Waals surface area contributed by atoms with Gasteiger partial charge in [0.25, 0.3) is 0 Å². The van der Waals surface area contributed by atoms with Crippen molar-refractivity contribution < 1.29 is 4.79 Å². The standard InChI is InChI=1S/C19H29BrO/c1-18-9-4-3-5-12(18)6-7-13-14(18)8-10-19(2)15(13)11-16(20)17(19)21/h12-16H,3-11H2,1-2H3/t12-,13?,14?,15?,16-,18?,19?/m1/s1. The van der Waals surface area contributed by atoms with Crippen LogP contribution >= 0.6 is 15.9 Å². The fourth-order valence-electron chi connectivity index (χ4n) is 7.04. The van der Waals surface area contributed by atoms with Crippen molar-refractivity contribution in [1.29, 1.82) is 0 Å². The molecule has 0 heterocycles. The monoisotopic (exact) mass is 352 g/mol. The Kier molecular flexibility index (Phi) is 3.38. The van der Waals surface area contributed by atoms with Gasteiger partial charge in [-0.3, -0.25) is 4.79 Å². The van der Waals surface area contributed by atoms with Crippen LogP contribution in [-0.4, -0.2) is 10.6 Å². The second kappa shape index (κ2) is 4.82. The Morgan fingerprint density at radius 2 is 1.81 bits per heavy atom. The molecule has 4 aliphatic rings. The van der Waals surface area contributed by atoms with Crippen LogP contribution in [0.5, 0.6) is 0 Å². The van der Waals surface area contributed by atoms with Crippen molar-refractivity contribution in [1.82, 2.24) is 0 Å². The SMILES string of the molecule is CC12CCC3C(CC[C@H]4CCCCC34C)C1C[C@@H](Br)C2=O. The van der Waals surface area contributed by atoms with Gasteiger partial charge in [-0.1, -0.05) is 42.6 Å². The number of alkyl halides is 1. The maximum absolute atomic E-state index is 12.7. The lowest BCUT2D eigenvalue weighted by atomic mass is 9.45. The van der Waals surface area contributed by atoms with Gasteiger partial charge in [-0.25, -0.2) is 0 Å². The zero-order valence-corrected chi connectivity index (χ0v) is 15.1. The van der Waals surface area contributed by atoms with E-state index in [2.05, 4.69) is 29.8 Å². The Hall–Kier alpha value is 0.150. The highest BCUT2D eigenvalue weighted by Crippen LogP contribution is 2.65. The number of fused-ring (bicyclic) bond motifs is 5. The van der Waals surface area contributed by atoms with E-state index in [0.717, 1.165) is 30.6 Å². The highest BCUT2D eigenvalue weighted by molar-refractivity contribution is 9.10. The lowest BCUT2D eigenvalue weighted by molar-refractivity contribution is -0.138. The zero-order valence-electron chi connectivity index (χ0n) is 13.5. The minimum absolute atomic E-state index is 0.00675. The average molecular weight is 353 g/mol. The van der Waals surface area contributed by atoms with Crippen molar-refractivity contribution in [3.8, 4) is 0 Å². The Morgan fingerprint density at radius 3 is 2.62 bits per heavy atom. The minimum atomic E-state index is -0.00675. The molecule has 5 unspecified atom stereocenters. The molecule has 4 saturated carbocycles. The van der Waals surface area contributed by atoms with E-state index in [4.69, 9.17) is 0 Å². The van der Waals surface area contributed by atoms with E-state index >= 15 is 0 Å². The van der Waals surface area contributed by atoms with Crippen molar-refractivity contribution in [3.63, 3.8) is 0 Å². The Labute approximate surface area is 137 Å². The van der Waals surface area contributed by atoms with Crippen LogP contribution < -0.4 is 0 Å². The topological polar surface area (TPSA) is 17.1 Å². The van der Waals surface area contributed by atoms with Crippen LogP contribution in [0.25, 0.3) is 0 Å². The van der Waals surface area contributed by atoms with Gasteiger partial charge >= 0.3 is 0 Å². The first-order valence-corrected chi connectivity index (χ1v) is 10.1. The number of hydrogen-bond donors (Lipinski definition) is 0. The summed E-state index contributed by atoms with van der Waals surface area (Å²) in [6.07, 6.45) is 12.2. The molecule has 21 heavy (non-hydrogen) atoms. The Bertz CT molecular complexity index is 460. The predicted molar refractivity (Wildman–Crippen MR) is 89.4 cm³/mol. The van der Waals surface area contributed by atoms with Crippen LogP contribution in [0.15, 0.2) is 0 Å². The van der Waals surface area contributed by atoms with Crippen molar-refractivity contribution >= 4 is 21.7 Å². The van der Waals surface area contributed by atoms with Crippen LogP contribution in [0.4, 0.5) is 0 Å². The molecule has 7 atom stereocenters. The van der Waals surface area contributed by atoms with Crippen LogP contribution in [0.3, 0.4) is 0 Å². The molecule has 0 aromatic rings. The highest BCUT2D eigenvalue weighted by atomic mass is 79.9. The number of rotatable bonds is 0. The van der Waals surface area contributed by atoms with E-state index in [0.29, 0.717) is 17.1 Å². The second-order valence-corrected chi connectivity index (χ2v) is 10.0. The molecule has 4 rings (SSSR count). The predicted octanol–water partition coefficient (Wildman–Crippen LogP) is 5.36. The van der Waals surface area contributed by atoms with E-state index in [1.165, 1.54) is 44.9 Å². The average Bonchev–Trinajstić information content (AvgIpc) is 2.70. The fraction of sp³-hybridized carbons (Fsp3) is 0.947. The number of Topliss-reactive ketones (excluding diaryl/α,β-unsaturated/α-hetero) is 1. The third kappa shape index (κ3) is 1.90. The molecule has 4 fully saturated rings. The Balaban J connectivity index is 1.67. The molecule has 0 aliphatic heterocycles. The molecule has 0 radical (unpaired) electrons. The van der Waals surface area contributed by atoms with Crippen molar-refractivity contribution in [2.45, 2.75) is 76.5 Å². The normalized spacial score (nSPS) is 56.5. The van der Waals surface area contributed by atoms with Gasteiger partial charge < -0.3 is 0 Å². The molecule has 2 heteroatoms. The lowest BCUT2D eigenvalue weighted by Crippen LogP contribution is -2.52. The van der Waals surface area contributed by atoms with E-state index in [1.54, 1.807) is 0 Å². The van der Waals surface area contributed by atoms with Crippen LogP contribution in [-0.2, 0) is 4.79 Å². The third-order valence-corrected chi connectivity index (χ3v) is 9.07. The smallest absolute Gasteiger partial charge is 0.152 e. The van der Waals surface area contributed by atoms with Crippen molar-refractivity contribution in [2.24, 2.45) is 34.5 Å². The second-order valence-electron chi connectivity index (χ2n) is 8.93. The van der Waals surface area contributed by atoms with E-state index in [9.17, 15) is 4.79 Å². The minimum Gasteiger partial charge on any atom is -0.298 e. The fourth-order valence-corrected chi connectivity index (χ4v) is 7.97. The van der Waals surface area contributed by atoms with Gasteiger partial charge in [0, 0.05) is 5.41 Å². The lowest BCUT2D eigenvalue weighted by Gasteiger charge is -2.59. The largest absolute Gasteiger partial charge is 0.298 e. The number of halogens is 1. The first-order chi connectivity index (χ1) is 9.97. The molecule has 118 valence electrons. The van der Waals surface area contributed by atoms with Crippen LogP contribution in [0, 0.1) is 34.5 Å². The maximum atomic E-state index is 12.7. The van der Waals surface area contributed by atoms with Gasteiger partial charge in [0.05, 0.1) is 4.83 Å². The molecule has 0 bridgehead atoms. The maximum Gasteiger partial charge on any atom is 0.152 e. The summed E-state index contributed by atoms with van der Waals surface area (Å²) in [6, 6.07) is 0. The van der Waals surface area contributed by atoms with Gasteiger partial charge in [0.15, 0.2) is 5.78 Å². The molecule has 0 saturated heterocycles. The molecular weight excluding hydrogens is 324 g/mol. The summed E-state index contributed by atoms with van der Waals surface area (Å²) in [5.74, 6) is 3.89. The van der Waals surface area contributed by atoms with Gasteiger partial charge in [-0.05, 0) is 74.0 Å². The number of carbonyl (C=O) groups excluding carboxylic acids is 1. The summed E-state index contributed by atoms with van der Waals surface area (Å²) in [4.78, 5) is 12.8. The molecule has 1 nitrogen and oxygen atoms in total. The summed E-state index contributed by atoms with van der Waals surface area (Å²) in [5, 5.41) is 0. The number of hydrogen-bond acceptors (Lipinski definition) is 1. The van der Waals surface area contributed by atoms with Crippen molar-refractivity contribution in [2.75, 3.05) is 0 Å². The Morgan fingerprint density at radius 1 is 1.00 bits per heavy atom. The highest BCUT2D eigenvalue weighted by Gasteiger charge is 2.61. The molecule has 0 aromatic carbocycles. The van der Waals surface area contributed by atoms with E-state index < -0.39 is 0 Å².